The van der Waals surface area contributed by atoms with Crippen molar-refractivity contribution in [3.63, 3.8) is 0 Å². The average Bonchev–Trinajstić information content (AvgIpc) is 2.27. The van der Waals surface area contributed by atoms with Gasteiger partial charge in [0, 0.05) is 12.3 Å². The van der Waals surface area contributed by atoms with Gasteiger partial charge in [0.25, 0.3) is 0 Å². The summed E-state index contributed by atoms with van der Waals surface area (Å²) < 4.78 is 11.3. The number of rotatable bonds is 2. The van der Waals surface area contributed by atoms with Gasteiger partial charge in [0.1, 0.15) is 0 Å². The SMILES string of the molecule is Cc1ccc(CC2OCC(C)CO2)cc1C. The van der Waals surface area contributed by atoms with E-state index in [2.05, 4.69) is 39.0 Å². The Bertz CT molecular complexity index is 352. The van der Waals surface area contributed by atoms with Gasteiger partial charge in [0.2, 0.25) is 0 Å². The number of hydrogen-bond acceptors (Lipinski definition) is 2. The van der Waals surface area contributed by atoms with Crippen LogP contribution in [0.1, 0.15) is 23.6 Å². The van der Waals surface area contributed by atoms with E-state index in [1.165, 1.54) is 16.7 Å². The van der Waals surface area contributed by atoms with Crippen LogP contribution in [-0.4, -0.2) is 19.5 Å². The number of benzene rings is 1. The molecule has 88 valence electrons. The summed E-state index contributed by atoms with van der Waals surface area (Å²) in [5, 5.41) is 0. The molecule has 0 saturated carbocycles. The van der Waals surface area contributed by atoms with Crippen molar-refractivity contribution in [2.75, 3.05) is 13.2 Å². The van der Waals surface area contributed by atoms with Crippen LogP contribution in [0, 0.1) is 19.8 Å². The lowest BCUT2D eigenvalue weighted by atomic mass is 10.0. The molecule has 0 bridgehead atoms. The van der Waals surface area contributed by atoms with Gasteiger partial charge in [-0.2, -0.15) is 0 Å². The van der Waals surface area contributed by atoms with Gasteiger partial charge in [-0.15, -0.1) is 0 Å². The molecular weight excluding hydrogens is 200 g/mol. The zero-order valence-electron chi connectivity index (χ0n) is 10.3. The summed E-state index contributed by atoms with van der Waals surface area (Å²) in [5.41, 5.74) is 3.96. The number of ether oxygens (including phenoxy) is 2. The molecule has 1 aromatic carbocycles. The maximum absolute atomic E-state index is 5.64. The molecule has 1 aliphatic rings. The molecule has 0 amide bonds. The Hall–Kier alpha value is -0.860. The summed E-state index contributed by atoms with van der Waals surface area (Å²) in [7, 11) is 0. The first-order valence-electron chi connectivity index (χ1n) is 5.94. The summed E-state index contributed by atoms with van der Waals surface area (Å²) in [5.74, 6) is 0.524. The quantitative estimate of drug-likeness (QED) is 0.763. The Morgan fingerprint density at radius 3 is 2.44 bits per heavy atom. The monoisotopic (exact) mass is 220 g/mol. The minimum Gasteiger partial charge on any atom is -0.352 e. The van der Waals surface area contributed by atoms with E-state index in [4.69, 9.17) is 9.47 Å². The Morgan fingerprint density at radius 2 is 1.81 bits per heavy atom. The molecule has 0 aliphatic carbocycles. The summed E-state index contributed by atoms with van der Waals surface area (Å²) >= 11 is 0. The molecule has 1 aromatic rings. The standard InChI is InChI=1S/C14H20O2/c1-10-8-15-14(16-9-10)7-13-5-4-11(2)12(3)6-13/h4-6,10,14H,7-9H2,1-3H3. The topological polar surface area (TPSA) is 18.5 Å². The second kappa shape index (κ2) is 4.98. The Labute approximate surface area is 97.6 Å². The van der Waals surface area contributed by atoms with Crippen LogP contribution in [0.3, 0.4) is 0 Å². The zero-order chi connectivity index (χ0) is 11.5. The van der Waals surface area contributed by atoms with E-state index in [1.54, 1.807) is 0 Å². The van der Waals surface area contributed by atoms with Gasteiger partial charge in [-0.3, -0.25) is 0 Å². The average molecular weight is 220 g/mol. The fourth-order valence-corrected chi connectivity index (χ4v) is 1.88. The molecule has 1 saturated heterocycles. The molecule has 0 aromatic heterocycles. The minimum absolute atomic E-state index is 0.0571. The third-order valence-electron chi connectivity index (χ3n) is 3.11. The molecule has 2 rings (SSSR count). The Kier molecular flexibility index (Phi) is 3.62. The minimum atomic E-state index is -0.0571. The van der Waals surface area contributed by atoms with Crippen molar-refractivity contribution in [2.45, 2.75) is 33.5 Å². The van der Waals surface area contributed by atoms with Gasteiger partial charge in [-0.05, 0) is 30.5 Å². The molecule has 1 fully saturated rings. The van der Waals surface area contributed by atoms with Crippen molar-refractivity contribution in [3.05, 3.63) is 34.9 Å². The highest BCUT2D eigenvalue weighted by molar-refractivity contribution is 5.30. The summed E-state index contributed by atoms with van der Waals surface area (Å²) in [6.07, 6.45) is 0.798. The lowest BCUT2D eigenvalue weighted by Gasteiger charge is -2.27. The summed E-state index contributed by atoms with van der Waals surface area (Å²) in [4.78, 5) is 0. The Morgan fingerprint density at radius 1 is 1.12 bits per heavy atom. The van der Waals surface area contributed by atoms with E-state index < -0.39 is 0 Å². The van der Waals surface area contributed by atoms with Gasteiger partial charge in [0.05, 0.1) is 13.2 Å². The van der Waals surface area contributed by atoms with E-state index in [1.807, 2.05) is 0 Å². The predicted molar refractivity (Wildman–Crippen MR) is 64.5 cm³/mol. The van der Waals surface area contributed by atoms with E-state index >= 15 is 0 Å². The molecule has 0 radical (unpaired) electrons. The van der Waals surface area contributed by atoms with Gasteiger partial charge in [-0.1, -0.05) is 25.1 Å². The maximum Gasteiger partial charge on any atom is 0.161 e. The van der Waals surface area contributed by atoms with Crippen molar-refractivity contribution in [3.8, 4) is 0 Å². The van der Waals surface area contributed by atoms with Gasteiger partial charge >= 0.3 is 0 Å². The molecule has 0 spiro atoms. The second-order valence-electron chi connectivity index (χ2n) is 4.82. The van der Waals surface area contributed by atoms with E-state index in [-0.39, 0.29) is 6.29 Å². The smallest absolute Gasteiger partial charge is 0.161 e. The van der Waals surface area contributed by atoms with Crippen LogP contribution in [0.2, 0.25) is 0 Å². The molecule has 1 heterocycles. The third-order valence-corrected chi connectivity index (χ3v) is 3.11. The van der Waals surface area contributed by atoms with E-state index in [0.29, 0.717) is 5.92 Å². The normalized spacial score (nSPS) is 25.7. The van der Waals surface area contributed by atoms with Gasteiger partial charge in [-0.25, -0.2) is 0 Å². The van der Waals surface area contributed by atoms with Crippen molar-refractivity contribution in [1.29, 1.82) is 0 Å². The zero-order valence-corrected chi connectivity index (χ0v) is 10.3. The summed E-state index contributed by atoms with van der Waals surface area (Å²) in [6.45, 7) is 8.05. The molecular formula is C14H20O2. The first-order chi connectivity index (χ1) is 7.65. The van der Waals surface area contributed by atoms with Crippen LogP contribution >= 0.6 is 0 Å². The lowest BCUT2D eigenvalue weighted by Crippen LogP contribution is -2.32. The van der Waals surface area contributed by atoms with Crippen molar-refractivity contribution < 1.29 is 9.47 Å². The fourth-order valence-electron chi connectivity index (χ4n) is 1.88. The molecule has 16 heavy (non-hydrogen) atoms. The third kappa shape index (κ3) is 2.83. The van der Waals surface area contributed by atoms with E-state index in [0.717, 1.165) is 19.6 Å². The molecule has 2 heteroatoms. The predicted octanol–water partition coefficient (Wildman–Crippen LogP) is 2.85. The highest BCUT2D eigenvalue weighted by Crippen LogP contribution is 2.17. The van der Waals surface area contributed by atoms with Crippen molar-refractivity contribution in [1.82, 2.24) is 0 Å². The fraction of sp³-hybridized carbons (Fsp3) is 0.571. The molecule has 0 atom stereocenters. The largest absolute Gasteiger partial charge is 0.352 e. The summed E-state index contributed by atoms with van der Waals surface area (Å²) in [6, 6.07) is 6.54. The first kappa shape index (κ1) is 11.6. The highest BCUT2D eigenvalue weighted by atomic mass is 16.7. The Balaban J connectivity index is 1.96. The van der Waals surface area contributed by atoms with Gasteiger partial charge < -0.3 is 9.47 Å². The highest BCUT2D eigenvalue weighted by Gasteiger charge is 2.19. The van der Waals surface area contributed by atoms with Gasteiger partial charge in [0.15, 0.2) is 6.29 Å². The van der Waals surface area contributed by atoms with Crippen molar-refractivity contribution >= 4 is 0 Å². The van der Waals surface area contributed by atoms with Crippen LogP contribution in [-0.2, 0) is 15.9 Å². The molecule has 2 nitrogen and oxygen atoms in total. The maximum atomic E-state index is 5.64. The van der Waals surface area contributed by atoms with Crippen LogP contribution in [0.5, 0.6) is 0 Å². The van der Waals surface area contributed by atoms with Crippen LogP contribution in [0.4, 0.5) is 0 Å². The van der Waals surface area contributed by atoms with Crippen LogP contribution < -0.4 is 0 Å². The lowest BCUT2D eigenvalue weighted by molar-refractivity contribution is -0.196. The van der Waals surface area contributed by atoms with E-state index in [9.17, 15) is 0 Å². The van der Waals surface area contributed by atoms with Crippen molar-refractivity contribution in [2.24, 2.45) is 5.92 Å². The van der Waals surface area contributed by atoms with Crippen LogP contribution in [0.15, 0.2) is 18.2 Å². The second-order valence-corrected chi connectivity index (χ2v) is 4.82. The molecule has 1 aliphatic heterocycles. The first-order valence-corrected chi connectivity index (χ1v) is 5.94. The van der Waals surface area contributed by atoms with Crippen LogP contribution in [0.25, 0.3) is 0 Å². The molecule has 0 N–H and O–H groups in total. The number of hydrogen-bond donors (Lipinski definition) is 0. The molecule has 0 unspecified atom stereocenters. The number of aryl methyl sites for hydroxylation is 2.